The molecule has 0 bridgehead atoms. The Bertz CT molecular complexity index is 207. The average molecular weight is 318 g/mol. The van der Waals surface area contributed by atoms with E-state index >= 15 is 0 Å². The second-order valence-corrected chi connectivity index (χ2v) is 4.52. The van der Waals surface area contributed by atoms with Crippen LogP contribution in [-0.2, 0) is 9.53 Å². The molecule has 0 rings (SSSR count). The van der Waals surface area contributed by atoms with Gasteiger partial charge >= 0.3 is 0 Å². The highest BCUT2D eigenvalue weighted by atomic mass is 35.5. The van der Waals surface area contributed by atoms with Crippen molar-refractivity contribution < 1.29 is 9.53 Å². The number of ether oxygens (including phenoxy) is 1. The van der Waals surface area contributed by atoms with E-state index in [1.807, 2.05) is 6.92 Å². The molecule has 3 N–H and O–H groups in total. The number of carbonyl (C=O) groups is 1. The quantitative estimate of drug-likeness (QED) is 0.591. The zero-order chi connectivity index (χ0) is 13.1. The maximum Gasteiger partial charge on any atom is 0.220 e. The van der Waals surface area contributed by atoms with Gasteiger partial charge in [0.25, 0.3) is 0 Å². The van der Waals surface area contributed by atoms with Crippen LogP contribution < -0.4 is 11.1 Å². The van der Waals surface area contributed by atoms with E-state index in [4.69, 9.17) is 10.5 Å². The summed E-state index contributed by atoms with van der Waals surface area (Å²) in [7, 11) is 3.75. The van der Waals surface area contributed by atoms with Crippen LogP contribution in [0.25, 0.3) is 0 Å². The Morgan fingerprint density at radius 2 is 2.00 bits per heavy atom. The van der Waals surface area contributed by atoms with Crippen LogP contribution in [0.5, 0.6) is 0 Å². The molecule has 0 saturated carbocycles. The Kier molecular flexibility index (Phi) is 20.2. The molecule has 1 atom stereocenters. The normalized spacial score (nSPS) is 11.4. The number of nitrogens with zero attached hydrogens (tertiary/aromatic N) is 1. The first kappa shape index (κ1) is 24.0. The predicted octanol–water partition coefficient (Wildman–Crippen LogP) is 1.04. The van der Waals surface area contributed by atoms with Crippen LogP contribution in [0.4, 0.5) is 0 Å². The fraction of sp³-hybridized carbons (Fsp3) is 0.917. The first-order valence-electron chi connectivity index (χ1n) is 6.26. The molecule has 5 nitrogen and oxygen atoms in total. The zero-order valence-corrected chi connectivity index (χ0v) is 13.8. The Hall–Kier alpha value is -0.0700. The number of hydrogen-bond donors (Lipinski definition) is 2. The summed E-state index contributed by atoms with van der Waals surface area (Å²) in [5, 5.41) is 2.90. The molecular formula is C12H29Cl2N3O2. The van der Waals surface area contributed by atoms with Crippen LogP contribution in [0.15, 0.2) is 0 Å². The molecule has 0 aliphatic carbocycles. The highest BCUT2D eigenvalue weighted by Gasteiger charge is 2.03. The van der Waals surface area contributed by atoms with E-state index in [0.717, 1.165) is 39.1 Å². The molecule has 0 aromatic heterocycles. The minimum Gasteiger partial charge on any atom is -0.383 e. The van der Waals surface area contributed by atoms with Crippen molar-refractivity contribution in [1.82, 2.24) is 10.2 Å². The highest BCUT2D eigenvalue weighted by molar-refractivity contribution is 5.85. The fourth-order valence-electron chi connectivity index (χ4n) is 1.38. The van der Waals surface area contributed by atoms with Crippen LogP contribution >= 0.6 is 24.8 Å². The van der Waals surface area contributed by atoms with Gasteiger partial charge in [-0.15, -0.1) is 24.8 Å². The number of halogens is 2. The second kappa shape index (κ2) is 16.0. The molecule has 0 spiro atoms. The van der Waals surface area contributed by atoms with E-state index in [9.17, 15) is 4.79 Å². The number of amides is 1. The topological polar surface area (TPSA) is 67.6 Å². The molecular weight excluding hydrogens is 289 g/mol. The summed E-state index contributed by atoms with van der Waals surface area (Å²) in [4.78, 5) is 13.6. The van der Waals surface area contributed by atoms with Crippen LogP contribution in [0.3, 0.4) is 0 Å². The van der Waals surface area contributed by atoms with Crippen molar-refractivity contribution >= 4 is 30.7 Å². The van der Waals surface area contributed by atoms with Crippen molar-refractivity contribution in [3.63, 3.8) is 0 Å². The molecule has 7 heteroatoms. The Morgan fingerprint density at radius 1 is 1.37 bits per heavy atom. The van der Waals surface area contributed by atoms with Crippen molar-refractivity contribution in [2.75, 3.05) is 40.4 Å². The van der Waals surface area contributed by atoms with Gasteiger partial charge in [0.15, 0.2) is 0 Å². The maximum absolute atomic E-state index is 11.4. The van der Waals surface area contributed by atoms with E-state index in [-0.39, 0.29) is 36.8 Å². The lowest BCUT2D eigenvalue weighted by Gasteiger charge is -2.15. The standard InChI is InChI=1S/C12H27N3O2.2ClH/c1-11(13)5-6-12(16)14-7-4-8-15(2)9-10-17-3;;/h11H,4-10,13H2,1-3H3,(H,14,16);2*1H. The van der Waals surface area contributed by atoms with Gasteiger partial charge in [-0.05, 0) is 33.4 Å². The van der Waals surface area contributed by atoms with Crippen molar-refractivity contribution in [2.24, 2.45) is 5.73 Å². The third-order valence-electron chi connectivity index (χ3n) is 2.54. The Labute approximate surface area is 129 Å². The van der Waals surface area contributed by atoms with Crippen molar-refractivity contribution in [3.05, 3.63) is 0 Å². The lowest BCUT2D eigenvalue weighted by molar-refractivity contribution is -0.121. The number of carbonyl (C=O) groups excluding carboxylic acids is 1. The van der Waals surface area contributed by atoms with Gasteiger partial charge in [0, 0.05) is 32.7 Å². The average Bonchev–Trinajstić information content (AvgIpc) is 2.29. The van der Waals surface area contributed by atoms with E-state index in [1.54, 1.807) is 7.11 Å². The van der Waals surface area contributed by atoms with Gasteiger partial charge in [-0.1, -0.05) is 0 Å². The summed E-state index contributed by atoms with van der Waals surface area (Å²) in [5.74, 6) is 0.0989. The number of rotatable bonds is 10. The summed E-state index contributed by atoms with van der Waals surface area (Å²) in [5.41, 5.74) is 5.58. The Morgan fingerprint density at radius 3 is 2.53 bits per heavy atom. The molecule has 0 aromatic rings. The molecule has 0 aromatic carbocycles. The number of likely N-dealkylation sites (N-methyl/N-ethyl adjacent to an activating group) is 1. The molecule has 0 heterocycles. The van der Waals surface area contributed by atoms with Gasteiger partial charge in [0.05, 0.1) is 6.61 Å². The van der Waals surface area contributed by atoms with E-state index in [1.165, 1.54) is 0 Å². The number of hydrogen-bond acceptors (Lipinski definition) is 4. The van der Waals surface area contributed by atoms with Crippen LogP contribution in [0, 0.1) is 0 Å². The largest absolute Gasteiger partial charge is 0.383 e. The van der Waals surface area contributed by atoms with Crippen LogP contribution in [0.1, 0.15) is 26.2 Å². The predicted molar refractivity (Wildman–Crippen MR) is 84.4 cm³/mol. The summed E-state index contributed by atoms with van der Waals surface area (Å²) < 4.78 is 4.99. The monoisotopic (exact) mass is 317 g/mol. The fourth-order valence-corrected chi connectivity index (χ4v) is 1.38. The second-order valence-electron chi connectivity index (χ2n) is 4.52. The number of methoxy groups -OCH3 is 1. The summed E-state index contributed by atoms with van der Waals surface area (Å²) in [6.07, 6.45) is 2.24. The Balaban J connectivity index is -0.00000128. The first-order valence-corrected chi connectivity index (χ1v) is 6.26. The van der Waals surface area contributed by atoms with E-state index in [2.05, 4.69) is 17.3 Å². The van der Waals surface area contributed by atoms with Crippen molar-refractivity contribution in [2.45, 2.75) is 32.2 Å². The number of nitrogens with two attached hydrogens (primary N) is 1. The molecule has 118 valence electrons. The van der Waals surface area contributed by atoms with Crippen LogP contribution in [0.2, 0.25) is 0 Å². The van der Waals surface area contributed by atoms with Crippen molar-refractivity contribution in [3.8, 4) is 0 Å². The van der Waals surface area contributed by atoms with Crippen LogP contribution in [-0.4, -0.2) is 57.2 Å². The van der Waals surface area contributed by atoms with Crippen molar-refractivity contribution in [1.29, 1.82) is 0 Å². The third kappa shape index (κ3) is 17.9. The molecule has 19 heavy (non-hydrogen) atoms. The lowest BCUT2D eigenvalue weighted by atomic mass is 10.2. The van der Waals surface area contributed by atoms with E-state index in [0.29, 0.717) is 6.42 Å². The maximum atomic E-state index is 11.4. The molecule has 0 saturated heterocycles. The third-order valence-corrected chi connectivity index (χ3v) is 2.54. The van der Waals surface area contributed by atoms with Gasteiger partial charge in [-0.2, -0.15) is 0 Å². The van der Waals surface area contributed by atoms with Gasteiger partial charge in [-0.25, -0.2) is 0 Å². The molecule has 0 fully saturated rings. The zero-order valence-electron chi connectivity index (χ0n) is 12.2. The number of nitrogens with one attached hydrogen (secondary N) is 1. The molecule has 0 aliphatic rings. The molecule has 1 amide bonds. The molecule has 1 unspecified atom stereocenters. The van der Waals surface area contributed by atoms with Gasteiger partial charge in [0.1, 0.15) is 0 Å². The van der Waals surface area contributed by atoms with E-state index < -0.39 is 0 Å². The summed E-state index contributed by atoms with van der Waals surface area (Å²) in [6.45, 7) is 5.29. The summed E-state index contributed by atoms with van der Waals surface area (Å²) >= 11 is 0. The van der Waals surface area contributed by atoms with Gasteiger partial charge in [-0.3, -0.25) is 4.79 Å². The smallest absolute Gasteiger partial charge is 0.220 e. The van der Waals surface area contributed by atoms with Gasteiger partial charge < -0.3 is 20.7 Å². The SMILES string of the molecule is COCCN(C)CCCNC(=O)CCC(C)N.Cl.Cl. The van der Waals surface area contributed by atoms with Gasteiger partial charge in [0.2, 0.25) is 5.91 Å². The minimum absolute atomic E-state index is 0. The molecule has 0 radical (unpaired) electrons. The first-order chi connectivity index (χ1) is 8.06. The summed E-state index contributed by atoms with van der Waals surface area (Å²) in [6, 6.07) is 0.0981. The minimum atomic E-state index is 0. The highest BCUT2D eigenvalue weighted by Crippen LogP contribution is 1.93. The lowest BCUT2D eigenvalue weighted by Crippen LogP contribution is -2.30. The molecule has 0 aliphatic heterocycles.